The minimum Gasteiger partial charge on any atom is -0.171 e. The average Bonchev–Trinajstić information content (AvgIpc) is 2.30. The first-order chi connectivity index (χ1) is 9.62. The molecule has 0 saturated heterocycles. The van der Waals surface area contributed by atoms with Gasteiger partial charge in [0.15, 0.2) is 0 Å². The highest BCUT2D eigenvalue weighted by Gasteiger charge is 2.34. The van der Waals surface area contributed by atoms with Gasteiger partial charge in [0.25, 0.3) is 0 Å². The molecule has 0 amide bonds. The normalized spacial score (nSPS) is 17.0. The zero-order valence-corrected chi connectivity index (χ0v) is 15.5. The maximum atomic E-state index is 12.3. The first-order valence-corrected chi connectivity index (χ1v) is 11.2. The van der Waals surface area contributed by atoms with Crippen LogP contribution in [-0.2, 0) is 0 Å². The molecule has 3 unspecified atom stereocenters. The third kappa shape index (κ3) is 12.3. The van der Waals surface area contributed by atoms with E-state index >= 15 is 0 Å². The Balaban J connectivity index is 3.54. The zero-order valence-electron chi connectivity index (χ0n) is 14.5. The molecule has 0 N–H and O–H groups in total. The fourth-order valence-electron chi connectivity index (χ4n) is 3.05. The van der Waals surface area contributed by atoms with E-state index < -0.39 is 12.1 Å². The smallest absolute Gasteiger partial charge is 0.171 e. The van der Waals surface area contributed by atoms with Gasteiger partial charge in [-0.2, -0.15) is 13.2 Å². The summed E-state index contributed by atoms with van der Waals surface area (Å²) in [4.78, 5) is 0. The van der Waals surface area contributed by atoms with Gasteiger partial charge in [-0.25, -0.2) is 0 Å². The predicted octanol–water partition coefficient (Wildman–Crippen LogP) is 6.94. The van der Waals surface area contributed by atoms with Crippen LogP contribution < -0.4 is 0 Å². The van der Waals surface area contributed by atoms with Crippen molar-refractivity contribution in [1.29, 1.82) is 0 Å². The minimum absolute atomic E-state index is 0.123. The summed E-state index contributed by atoms with van der Waals surface area (Å²) in [7, 11) is -0.123. The Bertz CT molecular complexity index is 251. The Morgan fingerprint density at radius 1 is 0.810 bits per heavy atom. The van der Waals surface area contributed by atoms with Gasteiger partial charge in [0.1, 0.15) is 0 Å². The highest BCUT2D eigenvalue weighted by Crippen LogP contribution is 2.30. The Kier molecular flexibility index (Phi) is 10.7. The molecule has 0 nitrogen and oxygen atoms in total. The van der Waals surface area contributed by atoms with Crippen molar-refractivity contribution < 1.29 is 13.2 Å². The van der Waals surface area contributed by atoms with Gasteiger partial charge in [-0.05, 0) is 24.7 Å². The monoisotopic (exact) mass is 323 g/mol. The molecule has 127 valence electrons. The van der Waals surface area contributed by atoms with Crippen LogP contribution in [0.15, 0.2) is 0 Å². The van der Waals surface area contributed by atoms with Crippen LogP contribution in [0.5, 0.6) is 0 Å². The average molecular weight is 324 g/mol. The molecule has 0 spiro atoms. The van der Waals surface area contributed by atoms with Crippen LogP contribution in [0, 0.1) is 17.8 Å². The number of alkyl halides is 3. The molecule has 1 radical (unpaired) electrons. The third-order valence-corrected chi connectivity index (χ3v) is 5.72. The molecule has 0 fully saturated rings. The Labute approximate surface area is 131 Å². The van der Waals surface area contributed by atoms with Crippen molar-refractivity contribution in [1.82, 2.24) is 0 Å². The van der Waals surface area contributed by atoms with Crippen molar-refractivity contribution in [3.05, 3.63) is 0 Å². The largest absolute Gasteiger partial charge is 0.391 e. The van der Waals surface area contributed by atoms with Gasteiger partial charge >= 0.3 is 6.18 Å². The van der Waals surface area contributed by atoms with Gasteiger partial charge in [0.2, 0.25) is 0 Å². The molecule has 0 saturated carbocycles. The first-order valence-electron chi connectivity index (χ1n) is 8.48. The summed E-state index contributed by atoms with van der Waals surface area (Å²) in [5, 5.41) is 0. The third-order valence-electron chi connectivity index (χ3n) is 4.20. The molecule has 0 rings (SSSR count). The van der Waals surface area contributed by atoms with E-state index in [-0.39, 0.29) is 15.2 Å². The van der Waals surface area contributed by atoms with E-state index in [0.29, 0.717) is 6.42 Å². The molecule has 0 bridgehead atoms. The molecule has 4 heteroatoms. The van der Waals surface area contributed by atoms with E-state index in [2.05, 4.69) is 26.9 Å². The molecule has 0 aromatic carbocycles. The van der Waals surface area contributed by atoms with Crippen molar-refractivity contribution in [2.45, 2.75) is 91.0 Å². The van der Waals surface area contributed by atoms with Crippen LogP contribution in [0.4, 0.5) is 13.2 Å². The summed E-state index contributed by atoms with van der Waals surface area (Å²) in [5.41, 5.74) is 0. The van der Waals surface area contributed by atoms with Crippen LogP contribution in [0.25, 0.3) is 0 Å². The van der Waals surface area contributed by atoms with Crippen molar-refractivity contribution >= 4 is 8.80 Å². The fourth-order valence-corrected chi connectivity index (χ4v) is 4.61. The molecule has 0 aliphatic heterocycles. The number of rotatable bonds is 11. The topological polar surface area (TPSA) is 0 Å². The second-order valence-electron chi connectivity index (χ2n) is 7.29. The van der Waals surface area contributed by atoms with E-state index in [1.165, 1.54) is 32.2 Å². The van der Waals surface area contributed by atoms with Gasteiger partial charge in [-0.1, -0.05) is 72.0 Å². The maximum Gasteiger partial charge on any atom is 0.391 e. The maximum absolute atomic E-state index is 12.3. The van der Waals surface area contributed by atoms with Crippen molar-refractivity contribution in [3.63, 3.8) is 0 Å². The minimum atomic E-state index is -4.01. The van der Waals surface area contributed by atoms with Crippen LogP contribution in [-0.4, -0.2) is 15.0 Å². The van der Waals surface area contributed by atoms with Gasteiger partial charge in [-0.3, -0.25) is 0 Å². The highest BCUT2D eigenvalue weighted by atomic mass is 28.3. The molecule has 0 aliphatic rings. The lowest BCUT2D eigenvalue weighted by molar-refractivity contribution is -0.171. The Morgan fingerprint density at radius 2 is 1.33 bits per heavy atom. The summed E-state index contributed by atoms with van der Waals surface area (Å²) in [6.07, 6.45) is 2.72. The zero-order chi connectivity index (χ0) is 16.5. The Morgan fingerprint density at radius 3 is 1.81 bits per heavy atom. The van der Waals surface area contributed by atoms with E-state index in [0.717, 1.165) is 24.7 Å². The molecule has 21 heavy (non-hydrogen) atoms. The molecule has 3 atom stereocenters. The van der Waals surface area contributed by atoms with Crippen LogP contribution >= 0.6 is 0 Å². The van der Waals surface area contributed by atoms with E-state index in [1.54, 1.807) is 0 Å². The van der Waals surface area contributed by atoms with E-state index in [1.807, 2.05) is 0 Å². The summed E-state index contributed by atoms with van der Waals surface area (Å²) >= 11 is 0. The number of hydrogen-bond donors (Lipinski definition) is 0. The van der Waals surface area contributed by atoms with Crippen molar-refractivity contribution in [2.24, 2.45) is 17.8 Å². The molecule has 0 heterocycles. The molecular weight excluding hydrogens is 289 g/mol. The number of unbranched alkanes of at least 4 members (excludes halogenated alkanes) is 3. The van der Waals surface area contributed by atoms with Crippen molar-refractivity contribution in [2.75, 3.05) is 0 Å². The summed E-state index contributed by atoms with van der Waals surface area (Å²) in [6, 6.07) is 1.39. The van der Waals surface area contributed by atoms with Crippen molar-refractivity contribution in [3.8, 4) is 0 Å². The van der Waals surface area contributed by atoms with Crippen LogP contribution in [0.2, 0.25) is 19.1 Å². The summed E-state index contributed by atoms with van der Waals surface area (Å²) in [5.74, 6) is 0.448. The predicted molar refractivity (Wildman–Crippen MR) is 88.2 cm³/mol. The number of hydrogen-bond acceptors (Lipinski definition) is 0. The lowest BCUT2D eigenvalue weighted by atomic mass is 9.93. The SMILES string of the molecule is CC(CCCCCCC(C)C(F)(F)F)CC(C)C[Si](C)C. The molecule has 0 aromatic heterocycles. The highest BCUT2D eigenvalue weighted by molar-refractivity contribution is 6.55. The lowest BCUT2D eigenvalue weighted by Gasteiger charge is -2.18. The molecule has 0 aliphatic carbocycles. The van der Waals surface area contributed by atoms with Gasteiger partial charge < -0.3 is 0 Å². The second kappa shape index (κ2) is 10.7. The summed E-state index contributed by atoms with van der Waals surface area (Å²) in [6.45, 7) is 10.7. The molecule has 0 aromatic rings. The lowest BCUT2D eigenvalue weighted by Crippen LogP contribution is -2.19. The van der Waals surface area contributed by atoms with E-state index in [9.17, 15) is 13.2 Å². The van der Waals surface area contributed by atoms with Crippen LogP contribution in [0.1, 0.15) is 65.7 Å². The van der Waals surface area contributed by atoms with E-state index in [4.69, 9.17) is 0 Å². The van der Waals surface area contributed by atoms with Gasteiger partial charge in [0, 0.05) is 8.80 Å². The standard InChI is InChI=1S/C17H34F3Si/c1-14(12-15(2)13-21(4)5)10-8-6-7-9-11-16(3)17(18,19)20/h14-16H,6-13H2,1-5H3. The quantitative estimate of drug-likeness (QED) is 0.285. The van der Waals surface area contributed by atoms with Gasteiger partial charge in [0.05, 0.1) is 5.92 Å². The van der Waals surface area contributed by atoms with Crippen LogP contribution in [0.3, 0.4) is 0 Å². The Hall–Kier alpha value is 0.00688. The van der Waals surface area contributed by atoms with Gasteiger partial charge in [-0.15, -0.1) is 0 Å². The summed E-state index contributed by atoms with van der Waals surface area (Å²) < 4.78 is 37.0. The second-order valence-corrected chi connectivity index (χ2v) is 10.1. The first kappa shape index (κ1) is 21.0. The molecular formula is C17H34F3Si. The fraction of sp³-hybridized carbons (Fsp3) is 1.00. The number of halogens is 3.